The van der Waals surface area contributed by atoms with Gasteiger partial charge in [-0.05, 0) is 36.2 Å². The molecule has 2 N–H and O–H groups in total. The van der Waals surface area contributed by atoms with Gasteiger partial charge in [-0.1, -0.05) is 32.9 Å². The monoisotopic (exact) mass is 390 g/mol. The van der Waals surface area contributed by atoms with E-state index in [1.165, 1.54) is 4.90 Å². The zero-order chi connectivity index (χ0) is 20.9. The Balaban J connectivity index is 1.90. The van der Waals surface area contributed by atoms with E-state index in [2.05, 4.69) is 15.0 Å². The van der Waals surface area contributed by atoms with E-state index in [4.69, 9.17) is 0 Å². The molecule has 1 amide bonds. The van der Waals surface area contributed by atoms with Crippen molar-refractivity contribution in [3.8, 4) is 0 Å². The third kappa shape index (κ3) is 3.08. The first-order chi connectivity index (χ1) is 13.7. The predicted molar refractivity (Wildman–Crippen MR) is 109 cm³/mol. The van der Waals surface area contributed by atoms with Crippen LogP contribution in [0.2, 0.25) is 0 Å². The number of ketones is 1. The molecule has 4 rings (SSSR count). The van der Waals surface area contributed by atoms with Crippen LogP contribution in [-0.4, -0.2) is 31.7 Å². The maximum Gasteiger partial charge on any atom is 0.296 e. The summed E-state index contributed by atoms with van der Waals surface area (Å²) in [6, 6.07) is 8.42. The fraction of sp³-hybridized carbons (Fsp3) is 0.273. The van der Waals surface area contributed by atoms with Gasteiger partial charge in [0.2, 0.25) is 5.95 Å². The molecule has 0 fully saturated rings. The molecule has 1 aromatic carbocycles. The highest BCUT2D eigenvalue weighted by atomic mass is 16.3. The lowest BCUT2D eigenvalue weighted by Gasteiger charge is -2.26. The van der Waals surface area contributed by atoms with Crippen molar-refractivity contribution in [2.75, 3.05) is 4.90 Å². The molecule has 7 heteroatoms. The summed E-state index contributed by atoms with van der Waals surface area (Å²) in [7, 11) is 0. The SMILES string of the molecule is Cc1ccc2nc(N3C(=O)C(O)=C(C(=O)C(C)(C)C)C3c3cccnc3)[nH]c2c1. The van der Waals surface area contributed by atoms with E-state index in [1.807, 2.05) is 25.1 Å². The number of nitrogens with zero attached hydrogens (tertiary/aromatic N) is 3. The second kappa shape index (κ2) is 6.55. The van der Waals surface area contributed by atoms with Crippen molar-refractivity contribution >= 4 is 28.7 Å². The minimum absolute atomic E-state index is 0.0622. The molecule has 0 saturated carbocycles. The number of aromatic amines is 1. The fourth-order valence-corrected chi connectivity index (χ4v) is 3.54. The molecule has 0 bridgehead atoms. The van der Waals surface area contributed by atoms with Crippen molar-refractivity contribution in [2.24, 2.45) is 5.41 Å². The van der Waals surface area contributed by atoms with Crippen molar-refractivity contribution in [3.63, 3.8) is 0 Å². The van der Waals surface area contributed by atoms with Gasteiger partial charge in [-0.15, -0.1) is 0 Å². The number of nitrogens with one attached hydrogen (secondary N) is 1. The van der Waals surface area contributed by atoms with Crippen molar-refractivity contribution in [1.29, 1.82) is 0 Å². The lowest BCUT2D eigenvalue weighted by Crippen LogP contribution is -2.33. The molecule has 1 aliphatic rings. The number of hydrogen-bond donors (Lipinski definition) is 2. The Bertz CT molecular complexity index is 1160. The van der Waals surface area contributed by atoms with E-state index in [0.717, 1.165) is 11.1 Å². The molecular formula is C22H22N4O3. The van der Waals surface area contributed by atoms with E-state index in [1.54, 1.807) is 45.3 Å². The summed E-state index contributed by atoms with van der Waals surface area (Å²) in [4.78, 5) is 39.4. The standard InChI is InChI=1S/C22H22N4O3/c1-12-7-8-14-15(10-12)25-21(24-14)26-17(13-6-5-9-23-11-13)16(18(27)20(26)29)19(28)22(2,3)4/h5-11,17,27H,1-4H3,(H,24,25). The normalized spacial score (nSPS) is 17.4. The van der Waals surface area contributed by atoms with E-state index in [9.17, 15) is 14.7 Å². The van der Waals surface area contributed by atoms with Crippen LogP contribution >= 0.6 is 0 Å². The Morgan fingerprint density at radius 2 is 2.00 bits per heavy atom. The van der Waals surface area contributed by atoms with Gasteiger partial charge >= 0.3 is 0 Å². The number of pyridine rings is 1. The molecule has 1 aliphatic heterocycles. The van der Waals surface area contributed by atoms with E-state index < -0.39 is 23.1 Å². The number of benzene rings is 1. The highest BCUT2D eigenvalue weighted by molar-refractivity contribution is 6.17. The second-order valence-corrected chi connectivity index (χ2v) is 8.29. The van der Waals surface area contributed by atoms with Gasteiger partial charge in [0.15, 0.2) is 11.5 Å². The predicted octanol–water partition coefficient (Wildman–Crippen LogP) is 3.78. The van der Waals surface area contributed by atoms with Gasteiger partial charge in [0, 0.05) is 17.8 Å². The fourth-order valence-electron chi connectivity index (χ4n) is 3.54. The van der Waals surface area contributed by atoms with Crippen LogP contribution in [0.4, 0.5) is 5.95 Å². The summed E-state index contributed by atoms with van der Waals surface area (Å²) in [6.07, 6.45) is 3.20. The number of rotatable bonds is 3. The van der Waals surface area contributed by atoms with Crippen molar-refractivity contribution in [1.82, 2.24) is 15.0 Å². The van der Waals surface area contributed by atoms with E-state index in [-0.39, 0.29) is 17.3 Å². The number of hydrogen-bond acceptors (Lipinski definition) is 5. The van der Waals surface area contributed by atoms with Crippen LogP contribution in [0.3, 0.4) is 0 Å². The molecule has 29 heavy (non-hydrogen) atoms. The molecule has 0 aliphatic carbocycles. The Morgan fingerprint density at radius 3 is 2.66 bits per heavy atom. The number of carbonyl (C=O) groups is 2. The van der Waals surface area contributed by atoms with Gasteiger partial charge in [-0.25, -0.2) is 4.98 Å². The van der Waals surface area contributed by atoms with Crippen molar-refractivity contribution < 1.29 is 14.7 Å². The number of carbonyl (C=O) groups excluding carboxylic acids is 2. The van der Waals surface area contributed by atoms with Crippen LogP contribution in [-0.2, 0) is 9.59 Å². The molecule has 3 aromatic rings. The number of fused-ring (bicyclic) bond motifs is 1. The van der Waals surface area contributed by atoms with Crippen LogP contribution in [0.25, 0.3) is 11.0 Å². The number of aromatic nitrogens is 3. The number of anilines is 1. The molecule has 1 atom stereocenters. The quantitative estimate of drug-likeness (QED) is 0.709. The topological polar surface area (TPSA) is 99.2 Å². The average molecular weight is 390 g/mol. The average Bonchev–Trinajstić information content (AvgIpc) is 3.19. The number of Topliss-reactive ketones (excluding diaryl/α,β-unsaturated/α-hetero) is 1. The first kappa shape index (κ1) is 18.9. The number of aliphatic hydroxyl groups is 1. The van der Waals surface area contributed by atoms with Crippen molar-refractivity contribution in [3.05, 3.63) is 65.2 Å². The summed E-state index contributed by atoms with van der Waals surface area (Å²) in [6.45, 7) is 7.24. The van der Waals surface area contributed by atoms with Gasteiger partial charge in [-0.2, -0.15) is 0 Å². The number of aryl methyl sites for hydroxylation is 1. The molecule has 148 valence electrons. The molecule has 0 saturated heterocycles. The summed E-state index contributed by atoms with van der Waals surface area (Å²) in [5.74, 6) is -1.24. The summed E-state index contributed by atoms with van der Waals surface area (Å²) in [5.41, 5.74) is 2.42. The summed E-state index contributed by atoms with van der Waals surface area (Å²) >= 11 is 0. The largest absolute Gasteiger partial charge is 0.503 e. The lowest BCUT2D eigenvalue weighted by atomic mass is 9.82. The molecule has 3 heterocycles. The third-order valence-electron chi connectivity index (χ3n) is 4.99. The van der Waals surface area contributed by atoms with Crippen LogP contribution in [0.5, 0.6) is 0 Å². The van der Waals surface area contributed by atoms with Gasteiger partial charge < -0.3 is 10.1 Å². The van der Waals surface area contributed by atoms with E-state index in [0.29, 0.717) is 11.1 Å². The van der Waals surface area contributed by atoms with E-state index >= 15 is 0 Å². The molecule has 7 nitrogen and oxygen atoms in total. The molecule has 2 aromatic heterocycles. The van der Waals surface area contributed by atoms with Gasteiger partial charge in [0.1, 0.15) is 0 Å². The van der Waals surface area contributed by atoms with Gasteiger partial charge in [0.05, 0.1) is 22.6 Å². The van der Waals surface area contributed by atoms with Gasteiger partial charge in [-0.3, -0.25) is 19.5 Å². The van der Waals surface area contributed by atoms with Crippen LogP contribution < -0.4 is 4.90 Å². The highest BCUT2D eigenvalue weighted by Crippen LogP contribution is 2.42. The minimum atomic E-state index is -0.815. The first-order valence-corrected chi connectivity index (χ1v) is 9.36. The van der Waals surface area contributed by atoms with Crippen molar-refractivity contribution in [2.45, 2.75) is 33.7 Å². The van der Waals surface area contributed by atoms with Gasteiger partial charge in [0.25, 0.3) is 5.91 Å². The number of aliphatic hydroxyl groups excluding tert-OH is 1. The van der Waals surface area contributed by atoms with Crippen LogP contribution in [0.1, 0.15) is 37.9 Å². The number of amides is 1. The molecule has 0 radical (unpaired) electrons. The zero-order valence-electron chi connectivity index (χ0n) is 16.7. The lowest BCUT2D eigenvalue weighted by molar-refractivity contribution is -0.123. The van der Waals surface area contributed by atoms with Crippen LogP contribution in [0.15, 0.2) is 54.1 Å². The first-order valence-electron chi connectivity index (χ1n) is 9.36. The Labute approximate surface area is 168 Å². The minimum Gasteiger partial charge on any atom is -0.503 e. The highest BCUT2D eigenvalue weighted by Gasteiger charge is 2.47. The zero-order valence-corrected chi connectivity index (χ0v) is 16.7. The molecule has 1 unspecified atom stereocenters. The number of H-pyrrole nitrogens is 1. The molecular weight excluding hydrogens is 368 g/mol. The maximum atomic E-state index is 13.2. The number of imidazole rings is 1. The van der Waals surface area contributed by atoms with Crippen LogP contribution in [0, 0.1) is 12.3 Å². The Hall–Kier alpha value is -3.48. The third-order valence-corrected chi connectivity index (χ3v) is 4.99. The smallest absolute Gasteiger partial charge is 0.296 e. The summed E-state index contributed by atoms with van der Waals surface area (Å²) < 4.78 is 0. The second-order valence-electron chi connectivity index (χ2n) is 8.29. The summed E-state index contributed by atoms with van der Waals surface area (Å²) in [5, 5.41) is 10.7. The maximum absolute atomic E-state index is 13.2. The Morgan fingerprint density at radius 1 is 1.24 bits per heavy atom. The Kier molecular flexibility index (Phi) is 4.26. The molecule has 0 spiro atoms.